The van der Waals surface area contributed by atoms with Gasteiger partial charge in [-0.1, -0.05) is 17.7 Å². The number of nitriles is 1. The molecular formula is C14H19N3O. The molecule has 1 aromatic carbocycles. The lowest BCUT2D eigenvalue weighted by Gasteiger charge is -2.34. The van der Waals surface area contributed by atoms with E-state index in [0.717, 1.165) is 37.3 Å². The summed E-state index contributed by atoms with van der Waals surface area (Å²) in [6, 6.07) is 7.83. The van der Waals surface area contributed by atoms with Gasteiger partial charge in [-0.15, -0.1) is 0 Å². The number of phenolic OH excluding ortho intramolecular Hbond substituents is 1. The predicted octanol–water partition coefficient (Wildman–Crippen LogP) is 1.56. The van der Waals surface area contributed by atoms with Crippen LogP contribution in [-0.4, -0.2) is 36.2 Å². The Labute approximate surface area is 108 Å². The molecule has 96 valence electrons. The molecule has 18 heavy (non-hydrogen) atoms. The van der Waals surface area contributed by atoms with Crippen LogP contribution in [0.3, 0.4) is 0 Å². The van der Waals surface area contributed by atoms with Gasteiger partial charge in [0.25, 0.3) is 0 Å². The first kappa shape index (κ1) is 12.9. The molecule has 2 N–H and O–H groups in total. The SMILES string of the molecule is Cc1ccc(O)c([C@H](CC#N)N2CCNCC2)c1. The normalized spacial score (nSPS) is 18.2. The van der Waals surface area contributed by atoms with Crippen LogP contribution in [0.2, 0.25) is 0 Å². The lowest BCUT2D eigenvalue weighted by Crippen LogP contribution is -2.45. The molecule has 0 aliphatic carbocycles. The molecule has 4 nitrogen and oxygen atoms in total. The first-order chi connectivity index (χ1) is 8.72. The molecule has 0 aromatic heterocycles. The topological polar surface area (TPSA) is 59.3 Å². The van der Waals surface area contributed by atoms with E-state index in [-0.39, 0.29) is 6.04 Å². The van der Waals surface area contributed by atoms with Crippen LogP contribution < -0.4 is 5.32 Å². The number of aryl methyl sites for hydroxylation is 1. The van der Waals surface area contributed by atoms with E-state index in [0.29, 0.717) is 12.2 Å². The fourth-order valence-corrected chi connectivity index (χ4v) is 2.46. The molecule has 0 amide bonds. The highest BCUT2D eigenvalue weighted by atomic mass is 16.3. The second kappa shape index (κ2) is 5.85. The molecule has 0 unspecified atom stereocenters. The van der Waals surface area contributed by atoms with Gasteiger partial charge in [0, 0.05) is 31.7 Å². The van der Waals surface area contributed by atoms with Crippen molar-refractivity contribution in [3.63, 3.8) is 0 Å². The van der Waals surface area contributed by atoms with E-state index in [2.05, 4.69) is 16.3 Å². The third-order valence-electron chi connectivity index (χ3n) is 3.42. The molecule has 4 heteroatoms. The number of phenols is 1. The number of nitrogens with one attached hydrogen (secondary N) is 1. The zero-order valence-corrected chi connectivity index (χ0v) is 10.7. The minimum Gasteiger partial charge on any atom is -0.508 e. The molecule has 1 atom stereocenters. The summed E-state index contributed by atoms with van der Waals surface area (Å²) in [5, 5.41) is 22.3. The van der Waals surface area contributed by atoms with Crippen molar-refractivity contribution in [3.05, 3.63) is 29.3 Å². The zero-order valence-electron chi connectivity index (χ0n) is 10.7. The van der Waals surface area contributed by atoms with Gasteiger partial charge in [0.2, 0.25) is 0 Å². The highest BCUT2D eigenvalue weighted by Gasteiger charge is 2.24. The second-order valence-corrected chi connectivity index (χ2v) is 4.73. The van der Waals surface area contributed by atoms with Crippen LogP contribution >= 0.6 is 0 Å². The molecule has 2 rings (SSSR count). The van der Waals surface area contributed by atoms with Crippen LogP contribution in [-0.2, 0) is 0 Å². The van der Waals surface area contributed by atoms with E-state index < -0.39 is 0 Å². The van der Waals surface area contributed by atoms with Crippen LogP contribution in [0.4, 0.5) is 0 Å². The van der Waals surface area contributed by atoms with Crippen molar-refractivity contribution < 1.29 is 5.11 Å². The lowest BCUT2D eigenvalue weighted by molar-refractivity contribution is 0.173. The summed E-state index contributed by atoms with van der Waals surface area (Å²) in [6.45, 7) is 5.71. The molecule has 0 radical (unpaired) electrons. The third kappa shape index (κ3) is 2.81. The Kier molecular flexibility index (Phi) is 4.19. The van der Waals surface area contributed by atoms with E-state index >= 15 is 0 Å². The van der Waals surface area contributed by atoms with Crippen molar-refractivity contribution in [1.29, 1.82) is 5.26 Å². The number of nitrogens with zero attached hydrogens (tertiary/aromatic N) is 2. The van der Waals surface area contributed by atoms with Crippen LogP contribution in [0, 0.1) is 18.3 Å². The van der Waals surface area contributed by atoms with E-state index in [4.69, 9.17) is 5.26 Å². The smallest absolute Gasteiger partial charge is 0.120 e. The molecular weight excluding hydrogens is 226 g/mol. The van der Waals surface area contributed by atoms with E-state index in [1.54, 1.807) is 6.07 Å². The Bertz CT molecular complexity index is 447. The number of piperazine rings is 1. The van der Waals surface area contributed by atoms with Gasteiger partial charge < -0.3 is 10.4 Å². The predicted molar refractivity (Wildman–Crippen MR) is 70.3 cm³/mol. The molecule has 1 aromatic rings. The Morgan fingerprint density at radius 2 is 2.17 bits per heavy atom. The quantitative estimate of drug-likeness (QED) is 0.848. The Morgan fingerprint density at radius 1 is 1.44 bits per heavy atom. The summed E-state index contributed by atoms with van der Waals surface area (Å²) in [5.41, 5.74) is 1.99. The number of benzene rings is 1. The first-order valence-corrected chi connectivity index (χ1v) is 6.33. The van der Waals surface area contributed by atoms with Gasteiger partial charge in [-0.05, 0) is 13.0 Å². The summed E-state index contributed by atoms with van der Waals surface area (Å²) in [5.74, 6) is 0.291. The van der Waals surface area contributed by atoms with Gasteiger partial charge in [0.05, 0.1) is 18.5 Å². The number of hydrogen-bond donors (Lipinski definition) is 2. The van der Waals surface area contributed by atoms with Crippen LogP contribution in [0.1, 0.15) is 23.6 Å². The Balaban J connectivity index is 2.28. The molecule has 1 fully saturated rings. The standard InChI is InChI=1S/C14H19N3O/c1-11-2-3-14(18)12(10-11)13(4-5-15)17-8-6-16-7-9-17/h2-3,10,13,16,18H,4,6-9H2,1H3/t13-/m0/s1. The fraction of sp³-hybridized carbons (Fsp3) is 0.500. The average Bonchev–Trinajstić information content (AvgIpc) is 2.40. The maximum absolute atomic E-state index is 10.0. The maximum Gasteiger partial charge on any atom is 0.120 e. The van der Waals surface area contributed by atoms with Gasteiger partial charge in [-0.25, -0.2) is 0 Å². The highest BCUT2D eigenvalue weighted by molar-refractivity contribution is 5.38. The van der Waals surface area contributed by atoms with Crippen molar-refractivity contribution in [1.82, 2.24) is 10.2 Å². The van der Waals surface area contributed by atoms with Crippen molar-refractivity contribution >= 4 is 0 Å². The molecule has 0 saturated carbocycles. The number of aromatic hydroxyl groups is 1. The molecule has 1 aliphatic heterocycles. The van der Waals surface area contributed by atoms with Gasteiger partial charge in [0.1, 0.15) is 5.75 Å². The third-order valence-corrected chi connectivity index (χ3v) is 3.42. The highest BCUT2D eigenvalue weighted by Crippen LogP contribution is 2.31. The molecule has 1 aliphatic rings. The van der Waals surface area contributed by atoms with E-state index in [1.165, 1.54) is 0 Å². The zero-order chi connectivity index (χ0) is 13.0. The number of rotatable bonds is 3. The minimum atomic E-state index is -0.00278. The summed E-state index contributed by atoms with van der Waals surface area (Å²) in [7, 11) is 0. The number of hydrogen-bond acceptors (Lipinski definition) is 4. The van der Waals surface area contributed by atoms with Crippen molar-refractivity contribution in [2.75, 3.05) is 26.2 Å². The van der Waals surface area contributed by atoms with E-state index in [1.807, 2.05) is 19.1 Å². The van der Waals surface area contributed by atoms with Crippen LogP contribution in [0.5, 0.6) is 5.75 Å². The van der Waals surface area contributed by atoms with Gasteiger partial charge in [0.15, 0.2) is 0 Å². The van der Waals surface area contributed by atoms with Crippen molar-refractivity contribution in [2.45, 2.75) is 19.4 Å². The largest absolute Gasteiger partial charge is 0.508 e. The maximum atomic E-state index is 10.0. The van der Waals surface area contributed by atoms with Crippen LogP contribution in [0.25, 0.3) is 0 Å². The Hall–Kier alpha value is -1.57. The van der Waals surface area contributed by atoms with Gasteiger partial charge in [-0.3, -0.25) is 4.90 Å². The monoisotopic (exact) mass is 245 g/mol. The van der Waals surface area contributed by atoms with Gasteiger partial charge >= 0.3 is 0 Å². The summed E-state index contributed by atoms with van der Waals surface area (Å²) >= 11 is 0. The van der Waals surface area contributed by atoms with Gasteiger partial charge in [-0.2, -0.15) is 5.26 Å². The fourth-order valence-electron chi connectivity index (χ4n) is 2.46. The molecule has 0 bridgehead atoms. The summed E-state index contributed by atoms with van der Waals surface area (Å²) < 4.78 is 0. The summed E-state index contributed by atoms with van der Waals surface area (Å²) in [6.07, 6.45) is 0.414. The van der Waals surface area contributed by atoms with E-state index in [9.17, 15) is 5.11 Å². The van der Waals surface area contributed by atoms with Crippen molar-refractivity contribution in [2.24, 2.45) is 0 Å². The Morgan fingerprint density at radius 3 is 2.83 bits per heavy atom. The van der Waals surface area contributed by atoms with Crippen molar-refractivity contribution in [3.8, 4) is 11.8 Å². The molecule has 0 spiro atoms. The first-order valence-electron chi connectivity index (χ1n) is 6.33. The molecule has 1 heterocycles. The average molecular weight is 245 g/mol. The lowest BCUT2D eigenvalue weighted by atomic mass is 9.99. The molecule has 1 saturated heterocycles. The second-order valence-electron chi connectivity index (χ2n) is 4.73. The minimum absolute atomic E-state index is 0.00278. The summed E-state index contributed by atoms with van der Waals surface area (Å²) in [4.78, 5) is 2.27. The van der Waals surface area contributed by atoms with Crippen LogP contribution in [0.15, 0.2) is 18.2 Å².